The second-order valence-electron chi connectivity index (χ2n) is 1.96. The first-order chi connectivity index (χ1) is 4.43. The minimum atomic E-state index is -0.0104. The Hall–Kier alpha value is -0.120. The largest absolute Gasteiger partial charge is 0.352 e. The summed E-state index contributed by atoms with van der Waals surface area (Å²) < 4.78 is 10.4. The molecule has 0 aromatic carbocycles. The molecule has 3 nitrogen and oxygen atoms in total. The van der Waals surface area contributed by atoms with Crippen molar-refractivity contribution in [3.8, 4) is 0 Å². The Kier molecular flexibility index (Phi) is 2.97. The van der Waals surface area contributed by atoms with Gasteiger partial charge in [-0.2, -0.15) is 0 Å². The number of morpholine rings is 1. The van der Waals surface area contributed by atoms with Crippen LogP contribution in [-0.2, 0) is 9.47 Å². The first kappa shape index (κ1) is 6.99. The minimum absolute atomic E-state index is 0.0104. The molecule has 1 aliphatic heterocycles. The molecule has 0 amide bonds. The standard InChI is InChI=1S/C6H13NO2/c1-2-8-6-5-7-3-4-9-6/h6-7H,2-5H2,1H3/t6-/m1/s1. The van der Waals surface area contributed by atoms with Crippen molar-refractivity contribution >= 4 is 0 Å². The van der Waals surface area contributed by atoms with Crippen molar-refractivity contribution in [3.63, 3.8) is 0 Å². The molecule has 0 aromatic rings. The summed E-state index contributed by atoms with van der Waals surface area (Å²) in [5.74, 6) is 0. The number of hydrogen-bond donors (Lipinski definition) is 1. The first-order valence-corrected chi connectivity index (χ1v) is 3.37. The van der Waals surface area contributed by atoms with Crippen LogP contribution in [0.25, 0.3) is 0 Å². The lowest BCUT2D eigenvalue weighted by molar-refractivity contribution is -0.149. The molecule has 3 heteroatoms. The summed E-state index contributed by atoms with van der Waals surface area (Å²) in [6.07, 6.45) is -0.0104. The molecule has 0 spiro atoms. The lowest BCUT2D eigenvalue weighted by Crippen LogP contribution is -2.39. The van der Waals surface area contributed by atoms with Gasteiger partial charge in [0.15, 0.2) is 6.29 Å². The molecule has 0 aromatic heterocycles. The number of ether oxygens (including phenoxy) is 2. The second-order valence-corrected chi connectivity index (χ2v) is 1.96. The van der Waals surface area contributed by atoms with Crippen molar-refractivity contribution in [1.82, 2.24) is 5.32 Å². The summed E-state index contributed by atoms with van der Waals surface area (Å²) in [6.45, 7) is 5.24. The van der Waals surface area contributed by atoms with Crippen LogP contribution in [0.3, 0.4) is 0 Å². The van der Waals surface area contributed by atoms with Crippen LogP contribution >= 0.6 is 0 Å². The zero-order valence-corrected chi connectivity index (χ0v) is 5.72. The highest BCUT2D eigenvalue weighted by Gasteiger charge is 2.11. The zero-order valence-electron chi connectivity index (χ0n) is 5.72. The highest BCUT2D eigenvalue weighted by molar-refractivity contribution is 4.56. The number of nitrogens with one attached hydrogen (secondary N) is 1. The van der Waals surface area contributed by atoms with Crippen LogP contribution < -0.4 is 5.32 Å². The molecule has 1 heterocycles. The SMILES string of the molecule is CCO[C@H]1CNCCO1. The molecular formula is C6H13NO2. The molecule has 0 saturated carbocycles. The van der Waals surface area contributed by atoms with Crippen LogP contribution in [0.2, 0.25) is 0 Å². The van der Waals surface area contributed by atoms with Crippen molar-refractivity contribution in [2.75, 3.05) is 26.3 Å². The zero-order chi connectivity index (χ0) is 6.53. The molecule has 1 fully saturated rings. The predicted molar refractivity (Wildman–Crippen MR) is 34.2 cm³/mol. The third-order valence-corrected chi connectivity index (χ3v) is 1.25. The molecule has 0 radical (unpaired) electrons. The topological polar surface area (TPSA) is 30.5 Å². The van der Waals surface area contributed by atoms with Crippen molar-refractivity contribution in [2.45, 2.75) is 13.2 Å². The number of hydrogen-bond acceptors (Lipinski definition) is 3. The van der Waals surface area contributed by atoms with E-state index in [4.69, 9.17) is 9.47 Å². The number of rotatable bonds is 2. The monoisotopic (exact) mass is 131 g/mol. The third-order valence-electron chi connectivity index (χ3n) is 1.25. The quantitative estimate of drug-likeness (QED) is 0.571. The van der Waals surface area contributed by atoms with E-state index in [9.17, 15) is 0 Å². The lowest BCUT2D eigenvalue weighted by atomic mass is 10.5. The van der Waals surface area contributed by atoms with Crippen molar-refractivity contribution in [2.24, 2.45) is 0 Å². The Labute approximate surface area is 55.3 Å². The van der Waals surface area contributed by atoms with E-state index in [0.717, 1.165) is 26.3 Å². The Balaban J connectivity index is 2.08. The molecule has 54 valence electrons. The van der Waals surface area contributed by atoms with Gasteiger partial charge >= 0.3 is 0 Å². The second kappa shape index (κ2) is 3.82. The van der Waals surface area contributed by atoms with Crippen LogP contribution in [0.5, 0.6) is 0 Å². The van der Waals surface area contributed by atoms with Crippen LogP contribution in [0.4, 0.5) is 0 Å². The fourth-order valence-electron chi connectivity index (χ4n) is 0.834. The highest BCUT2D eigenvalue weighted by atomic mass is 16.7. The van der Waals surface area contributed by atoms with Gasteiger partial charge < -0.3 is 14.8 Å². The molecule has 1 aliphatic rings. The fourth-order valence-corrected chi connectivity index (χ4v) is 0.834. The molecule has 1 atom stereocenters. The Bertz CT molecular complexity index is 68.7. The van der Waals surface area contributed by atoms with Gasteiger partial charge in [-0.25, -0.2) is 0 Å². The summed E-state index contributed by atoms with van der Waals surface area (Å²) in [5.41, 5.74) is 0. The fraction of sp³-hybridized carbons (Fsp3) is 1.00. The van der Waals surface area contributed by atoms with E-state index in [2.05, 4.69) is 5.32 Å². The summed E-state index contributed by atoms with van der Waals surface area (Å²) in [6, 6.07) is 0. The molecule has 0 unspecified atom stereocenters. The predicted octanol–water partition coefficient (Wildman–Crippen LogP) is -0.0312. The van der Waals surface area contributed by atoms with E-state index in [1.807, 2.05) is 6.92 Å². The van der Waals surface area contributed by atoms with Crippen molar-refractivity contribution < 1.29 is 9.47 Å². The summed E-state index contributed by atoms with van der Waals surface area (Å²) in [5, 5.41) is 3.17. The summed E-state index contributed by atoms with van der Waals surface area (Å²) >= 11 is 0. The van der Waals surface area contributed by atoms with E-state index in [1.54, 1.807) is 0 Å². The van der Waals surface area contributed by atoms with Gasteiger partial charge in [0.1, 0.15) is 0 Å². The van der Waals surface area contributed by atoms with Gasteiger partial charge in [-0.1, -0.05) is 0 Å². The van der Waals surface area contributed by atoms with E-state index >= 15 is 0 Å². The van der Waals surface area contributed by atoms with Crippen LogP contribution in [-0.4, -0.2) is 32.6 Å². The van der Waals surface area contributed by atoms with Gasteiger partial charge in [0.25, 0.3) is 0 Å². The van der Waals surface area contributed by atoms with Crippen molar-refractivity contribution in [3.05, 3.63) is 0 Å². The molecular weight excluding hydrogens is 118 g/mol. The van der Waals surface area contributed by atoms with Crippen LogP contribution in [0.15, 0.2) is 0 Å². The maximum Gasteiger partial charge on any atom is 0.169 e. The molecule has 1 saturated heterocycles. The van der Waals surface area contributed by atoms with Gasteiger partial charge in [0.2, 0.25) is 0 Å². The van der Waals surface area contributed by atoms with Crippen molar-refractivity contribution in [1.29, 1.82) is 0 Å². The van der Waals surface area contributed by atoms with Crippen LogP contribution in [0.1, 0.15) is 6.92 Å². The van der Waals surface area contributed by atoms with E-state index in [0.29, 0.717) is 0 Å². The average molecular weight is 131 g/mol. The normalized spacial score (nSPS) is 28.3. The van der Waals surface area contributed by atoms with E-state index in [-0.39, 0.29) is 6.29 Å². The Morgan fingerprint density at radius 3 is 3.22 bits per heavy atom. The Morgan fingerprint density at radius 1 is 1.78 bits per heavy atom. The molecule has 0 aliphatic carbocycles. The maximum absolute atomic E-state index is 5.23. The van der Waals surface area contributed by atoms with E-state index < -0.39 is 0 Å². The van der Waals surface area contributed by atoms with Gasteiger partial charge in [-0.05, 0) is 6.92 Å². The molecule has 1 N–H and O–H groups in total. The minimum Gasteiger partial charge on any atom is -0.352 e. The van der Waals surface area contributed by atoms with E-state index in [1.165, 1.54) is 0 Å². The summed E-state index contributed by atoms with van der Waals surface area (Å²) in [4.78, 5) is 0. The first-order valence-electron chi connectivity index (χ1n) is 3.37. The molecule has 1 rings (SSSR count). The van der Waals surface area contributed by atoms with Gasteiger partial charge in [0.05, 0.1) is 6.61 Å². The van der Waals surface area contributed by atoms with Gasteiger partial charge in [-0.3, -0.25) is 0 Å². The molecule has 9 heavy (non-hydrogen) atoms. The smallest absolute Gasteiger partial charge is 0.169 e. The maximum atomic E-state index is 5.23. The highest BCUT2D eigenvalue weighted by Crippen LogP contribution is 1.96. The van der Waals surface area contributed by atoms with Gasteiger partial charge in [0, 0.05) is 19.7 Å². The average Bonchev–Trinajstić information content (AvgIpc) is 1.91. The Morgan fingerprint density at radius 2 is 2.67 bits per heavy atom. The summed E-state index contributed by atoms with van der Waals surface area (Å²) in [7, 11) is 0. The third kappa shape index (κ3) is 2.30. The van der Waals surface area contributed by atoms with Gasteiger partial charge in [-0.15, -0.1) is 0 Å². The molecule has 0 bridgehead atoms. The van der Waals surface area contributed by atoms with Crippen LogP contribution in [0, 0.1) is 0 Å². The lowest BCUT2D eigenvalue weighted by Gasteiger charge is -2.22.